The summed E-state index contributed by atoms with van der Waals surface area (Å²) in [6.45, 7) is 2.17. The third-order valence-corrected chi connectivity index (χ3v) is 6.19. The Hall–Kier alpha value is -3.44. The minimum atomic E-state index is 0.867. The van der Waals surface area contributed by atoms with Gasteiger partial charge in [0.2, 0.25) is 4.80 Å². The maximum absolute atomic E-state index is 4.75. The highest BCUT2D eigenvalue weighted by molar-refractivity contribution is 7.07. The van der Waals surface area contributed by atoms with Crippen molar-refractivity contribution in [3.8, 4) is 11.3 Å². The second kappa shape index (κ2) is 9.58. The second-order valence-corrected chi connectivity index (χ2v) is 8.06. The summed E-state index contributed by atoms with van der Waals surface area (Å²) >= 11 is 1.60. The Morgan fingerprint density at radius 1 is 0.903 bits per heavy atom. The number of nitrogens with zero attached hydrogens (tertiary/aromatic N) is 4. The minimum Gasteiger partial charge on any atom is -0.345 e. The molecule has 156 valence electrons. The molecular formula is C26H26N4S. The van der Waals surface area contributed by atoms with E-state index in [2.05, 4.69) is 102 Å². The largest absolute Gasteiger partial charge is 0.345 e. The van der Waals surface area contributed by atoms with Gasteiger partial charge in [0.25, 0.3) is 0 Å². The number of hydrogen-bond donors (Lipinski definition) is 0. The maximum Gasteiger partial charge on any atom is 0.205 e. The number of aromatic nitrogens is 1. The van der Waals surface area contributed by atoms with Gasteiger partial charge in [-0.3, -0.25) is 4.99 Å². The van der Waals surface area contributed by atoms with Crippen molar-refractivity contribution in [2.45, 2.75) is 13.3 Å². The number of rotatable bonds is 6. The molecule has 0 aliphatic rings. The molecule has 4 nitrogen and oxygen atoms in total. The molecule has 0 spiro atoms. The van der Waals surface area contributed by atoms with E-state index in [0.29, 0.717) is 0 Å². The van der Waals surface area contributed by atoms with Crippen LogP contribution in [-0.4, -0.2) is 25.0 Å². The Labute approximate surface area is 187 Å². The first-order chi connectivity index (χ1) is 15.2. The fourth-order valence-electron chi connectivity index (χ4n) is 3.38. The molecular weight excluding hydrogens is 400 g/mol. The Balaban J connectivity index is 1.59. The van der Waals surface area contributed by atoms with E-state index < -0.39 is 0 Å². The summed E-state index contributed by atoms with van der Waals surface area (Å²) in [5.74, 6) is 0. The van der Waals surface area contributed by atoms with E-state index >= 15 is 0 Å². The van der Waals surface area contributed by atoms with Crippen LogP contribution in [0, 0.1) is 0 Å². The summed E-state index contributed by atoms with van der Waals surface area (Å²) in [5, 5.41) is 6.86. The SMILES string of the molecule is CCc1ccc(-c2csc(=NC)n2/N=C\c2ccc(N(C)c3ccccc3)cc2)cc1. The molecule has 5 heteroatoms. The zero-order valence-electron chi connectivity index (χ0n) is 18.1. The van der Waals surface area contributed by atoms with E-state index in [4.69, 9.17) is 5.10 Å². The van der Waals surface area contributed by atoms with Gasteiger partial charge in [-0.05, 0) is 41.8 Å². The summed E-state index contributed by atoms with van der Waals surface area (Å²) < 4.78 is 1.91. The van der Waals surface area contributed by atoms with Crippen molar-refractivity contribution >= 4 is 28.9 Å². The number of anilines is 2. The fourth-order valence-corrected chi connectivity index (χ4v) is 4.18. The lowest BCUT2D eigenvalue weighted by Crippen LogP contribution is -2.11. The van der Waals surface area contributed by atoms with E-state index in [9.17, 15) is 0 Å². The van der Waals surface area contributed by atoms with Crippen LogP contribution in [0.2, 0.25) is 0 Å². The molecule has 0 unspecified atom stereocenters. The van der Waals surface area contributed by atoms with Gasteiger partial charge in [-0.2, -0.15) is 5.10 Å². The van der Waals surface area contributed by atoms with Crippen molar-refractivity contribution < 1.29 is 0 Å². The molecule has 0 aliphatic carbocycles. The summed E-state index contributed by atoms with van der Waals surface area (Å²) in [6.07, 6.45) is 2.92. The van der Waals surface area contributed by atoms with Crippen LogP contribution in [0.1, 0.15) is 18.1 Å². The highest BCUT2D eigenvalue weighted by Gasteiger charge is 2.07. The Morgan fingerprint density at radius 3 is 2.23 bits per heavy atom. The van der Waals surface area contributed by atoms with Crippen molar-refractivity contribution in [1.29, 1.82) is 0 Å². The van der Waals surface area contributed by atoms with Gasteiger partial charge < -0.3 is 4.90 Å². The molecule has 0 radical (unpaired) electrons. The molecule has 0 fully saturated rings. The van der Waals surface area contributed by atoms with Gasteiger partial charge in [0.1, 0.15) is 0 Å². The van der Waals surface area contributed by atoms with Gasteiger partial charge in [0, 0.05) is 36.4 Å². The lowest BCUT2D eigenvalue weighted by atomic mass is 10.1. The van der Waals surface area contributed by atoms with Gasteiger partial charge in [-0.25, -0.2) is 4.68 Å². The van der Waals surface area contributed by atoms with Gasteiger partial charge >= 0.3 is 0 Å². The van der Waals surface area contributed by atoms with Gasteiger partial charge in [-0.15, -0.1) is 11.3 Å². The molecule has 1 aromatic heterocycles. The van der Waals surface area contributed by atoms with Crippen molar-refractivity contribution in [3.05, 3.63) is 100 Å². The van der Waals surface area contributed by atoms with Crippen molar-refractivity contribution in [2.75, 3.05) is 19.0 Å². The molecule has 0 bridgehead atoms. The topological polar surface area (TPSA) is 32.9 Å². The van der Waals surface area contributed by atoms with Crippen molar-refractivity contribution in [2.24, 2.45) is 10.1 Å². The third kappa shape index (κ3) is 4.67. The van der Waals surface area contributed by atoms with Crippen LogP contribution in [0.5, 0.6) is 0 Å². The Kier molecular flexibility index (Phi) is 6.43. The molecule has 3 aromatic carbocycles. The Morgan fingerprint density at radius 2 is 1.58 bits per heavy atom. The monoisotopic (exact) mass is 426 g/mol. The molecule has 0 N–H and O–H groups in total. The van der Waals surface area contributed by atoms with Crippen LogP contribution >= 0.6 is 11.3 Å². The van der Waals surface area contributed by atoms with Gasteiger partial charge in [0.05, 0.1) is 11.9 Å². The first-order valence-electron chi connectivity index (χ1n) is 10.4. The van der Waals surface area contributed by atoms with Crippen LogP contribution < -0.4 is 9.70 Å². The zero-order valence-corrected chi connectivity index (χ0v) is 18.9. The van der Waals surface area contributed by atoms with Crippen LogP contribution in [0.25, 0.3) is 11.3 Å². The lowest BCUT2D eigenvalue weighted by molar-refractivity contribution is 0.848. The third-order valence-electron chi connectivity index (χ3n) is 5.28. The smallest absolute Gasteiger partial charge is 0.205 e. The van der Waals surface area contributed by atoms with Crippen molar-refractivity contribution in [3.63, 3.8) is 0 Å². The van der Waals surface area contributed by atoms with Crippen LogP contribution in [-0.2, 0) is 6.42 Å². The average Bonchev–Trinajstić information content (AvgIpc) is 3.26. The molecule has 31 heavy (non-hydrogen) atoms. The summed E-state index contributed by atoms with van der Waals surface area (Å²) in [6, 6.07) is 27.4. The summed E-state index contributed by atoms with van der Waals surface area (Å²) in [4.78, 5) is 7.43. The fraction of sp³-hybridized carbons (Fsp3) is 0.154. The van der Waals surface area contributed by atoms with E-state index in [1.807, 2.05) is 17.0 Å². The summed E-state index contributed by atoms with van der Waals surface area (Å²) in [7, 11) is 3.88. The predicted octanol–water partition coefficient (Wildman–Crippen LogP) is 5.96. The highest BCUT2D eigenvalue weighted by Crippen LogP contribution is 2.23. The van der Waals surface area contributed by atoms with Crippen LogP contribution in [0.4, 0.5) is 11.4 Å². The number of aryl methyl sites for hydroxylation is 1. The van der Waals surface area contributed by atoms with E-state index in [0.717, 1.165) is 39.4 Å². The average molecular weight is 427 g/mol. The lowest BCUT2D eigenvalue weighted by Gasteiger charge is -2.19. The molecule has 0 aliphatic heterocycles. The maximum atomic E-state index is 4.75. The Bertz CT molecular complexity index is 1220. The van der Waals surface area contributed by atoms with E-state index in [1.54, 1.807) is 18.4 Å². The van der Waals surface area contributed by atoms with Crippen LogP contribution in [0.15, 0.2) is 94.3 Å². The molecule has 0 saturated carbocycles. The standard InChI is InChI=1S/C26H26N4S/c1-4-20-10-14-22(15-11-20)25-19-31-26(27-2)30(25)28-18-21-12-16-24(17-13-21)29(3)23-8-6-5-7-9-23/h5-19H,4H2,1-3H3/b27-26?,28-18-. The van der Waals surface area contributed by atoms with Crippen LogP contribution in [0.3, 0.4) is 0 Å². The molecule has 4 rings (SSSR count). The minimum absolute atomic E-state index is 0.867. The van der Waals surface area contributed by atoms with Gasteiger partial charge in [-0.1, -0.05) is 61.5 Å². The quantitative estimate of drug-likeness (QED) is 0.350. The highest BCUT2D eigenvalue weighted by atomic mass is 32.1. The number of para-hydroxylation sites is 1. The normalized spacial score (nSPS) is 11.9. The van der Waals surface area contributed by atoms with E-state index in [1.165, 1.54) is 5.56 Å². The van der Waals surface area contributed by atoms with Gasteiger partial charge in [0.15, 0.2) is 0 Å². The predicted molar refractivity (Wildman–Crippen MR) is 133 cm³/mol. The molecule has 0 saturated heterocycles. The second-order valence-electron chi connectivity index (χ2n) is 7.22. The number of hydrogen-bond acceptors (Lipinski definition) is 4. The first kappa shape index (κ1) is 20.8. The van der Waals surface area contributed by atoms with Crippen molar-refractivity contribution in [1.82, 2.24) is 4.68 Å². The first-order valence-corrected chi connectivity index (χ1v) is 11.2. The molecule has 4 aromatic rings. The zero-order chi connectivity index (χ0) is 21.6. The molecule has 0 atom stereocenters. The van der Waals surface area contributed by atoms with E-state index in [-0.39, 0.29) is 0 Å². The molecule has 0 amide bonds. The molecule has 1 heterocycles. The number of thiazole rings is 1. The summed E-state index contributed by atoms with van der Waals surface area (Å²) in [5.41, 5.74) is 6.84. The number of benzene rings is 3.